The first kappa shape index (κ1) is 11.6. The van der Waals surface area contributed by atoms with E-state index < -0.39 is 23.1 Å². The van der Waals surface area contributed by atoms with Gasteiger partial charge in [0.05, 0.1) is 11.6 Å². The molecule has 0 unspecified atom stereocenters. The van der Waals surface area contributed by atoms with Gasteiger partial charge < -0.3 is 9.84 Å². The highest BCUT2D eigenvalue weighted by atomic mass is 79.9. The van der Waals surface area contributed by atoms with Crippen molar-refractivity contribution in [2.24, 2.45) is 0 Å². The molecule has 80 valence electrons. The minimum atomic E-state index is -1.73. The van der Waals surface area contributed by atoms with Crippen molar-refractivity contribution in [2.75, 3.05) is 7.11 Å². The van der Waals surface area contributed by atoms with E-state index in [9.17, 15) is 14.0 Å². The van der Waals surface area contributed by atoms with Gasteiger partial charge in [0.1, 0.15) is 17.1 Å². The third-order valence-electron chi connectivity index (χ3n) is 1.68. The maximum Gasteiger partial charge on any atom is 0.377 e. The first-order valence-corrected chi connectivity index (χ1v) is 4.58. The number of carboxylic acids is 1. The van der Waals surface area contributed by atoms with E-state index in [1.54, 1.807) is 0 Å². The Hall–Kier alpha value is -1.43. The molecule has 0 amide bonds. The number of aliphatic carboxylic acids is 1. The van der Waals surface area contributed by atoms with Crippen LogP contribution < -0.4 is 4.74 Å². The van der Waals surface area contributed by atoms with E-state index in [2.05, 4.69) is 15.9 Å². The van der Waals surface area contributed by atoms with Gasteiger partial charge in [-0.15, -0.1) is 0 Å². The fourth-order valence-electron chi connectivity index (χ4n) is 1.05. The summed E-state index contributed by atoms with van der Waals surface area (Å²) in [6.45, 7) is 0. The Labute approximate surface area is 92.8 Å². The van der Waals surface area contributed by atoms with Crippen molar-refractivity contribution in [3.05, 3.63) is 28.0 Å². The van der Waals surface area contributed by atoms with Crippen LogP contribution in [0.3, 0.4) is 0 Å². The number of carbonyl (C=O) groups excluding carboxylic acids is 1. The Bertz CT molecular complexity index is 430. The molecule has 0 fully saturated rings. The van der Waals surface area contributed by atoms with Gasteiger partial charge in [-0.05, 0) is 28.1 Å². The number of benzene rings is 1. The number of carbonyl (C=O) groups is 2. The average Bonchev–Trinajstić information content (AvgIpc) is 2.19. The molecule has 1 aromatic rings. The fraction of sp³-hybridized carbons (Fsp3) is 0.111. The molecule has 1 rings (SSSR count). The van der Waals surface area contributed by atoms with E-state index in [1.165, 1.54) is 13.2 Å². The molecule has 6 heteroatoms. The van der Waals surface area contributed by atoms with Gasteiger partial charge in [0.2, 0.25) is 0 Å². The molecule has 4 nitrogen and oxygen atoms in total. The number of hydrogen-bond donors (Lipinski definition) is 1. The Kier molecular flexibility index (Phi) is 3.41. The van der Waals surface area contributed by atoms with Gasteiger partial charge in [-0.3, -0.25) is 4.79 Å². The standard InChI is InChI=1S/C9H6BrFO4/c1-15-8-4(10)2-3-5(11)6(8)7(12)9(13)14/h2-3H,1H3,(H,13,14). The lowest BCUT2D eigenvalue weighted by Crippen LogP contribution is -2.16. The molecule has 0 aliphatic rings. The summed E-state index contributed by atoms with van der Waals surface area (Å²) in [7, 11) is 1.22. The molecule has 0 aliphatic heterocycles. The van der Waals surface area contributed by atoms with Gasteiger partial charge in [0.15, 0.2) is 0 Å². The van der Waals surface area contributed by atoms with Gasteiger partial charge in [0.25, 0.3) is 5.78 Å². The second-order valence-corrected chi connectivity index (χ2v) is 3.43. The predicted octanol–water partition coefficient (Wildman–Crippen LogP) is 1.86. The lowest BCUT2D eigenvalue weighted by atomic mass is 10.1. The molecule has 0 spiro atoms. The van der Waals surface area contributed by atoms with Gasteiger partial charge in [-0.2, -0.15) is 0 Å². The van der Waals surface area contributed by atoms with Crippen LogP contribution >= 0.6 is 15.9 Å². The van der Waals surface area contributed by atoms with Crippen molar-refractivity contribution in [3.63, 3.8) is 0 Å². The highest BCUT2D eigenvalue weighted by molar-refractivity contribution is 9.10. The van der Waals surface area contributed by atoms with Crippen LogP contribution in [0.5, 0.6) is 5.75 Å². The lowest BCUT2D eigenvalue weighted by Gasteiger charge is -2.08. The number of carboxylic acid groups (broad SMARTS) is 1. The Morgan fingerprint density at radius 2 is 2.07 bits per heavy atom. The molecule has 1 N–H and O–H groups in total. The Morgan fingerprint density at radius 1 is 1.47 bits per heavy atom. The summed E-state index contributed by atoms with van der Waals surface area (Å²) in [4.78, 5) is 21.6. The average molecular weight is 277 g/mol. The highest BCUT2D eigenvalue weighted by Gasteiger charge is 2.25. The molecule has 0 bridgehead atoms. The zero-order chi connectivity index (χ0) is 11.6. The number of hydrogen-bond acceptors (Lipinski definition) is 3. The highest BCUT2D eigenvalue weighted by Crippen LogP contribution is 2.31. The molecular formula is C9H6BrFO4. The molecule has 0 aromatic heterocycles. The largest absolute Gasteiger partial charge is 0.495 e. The molecule has 1 aromatic carbocycles. The zero-order valence-corrected chi connectivity index (χ0v) is 9.17. The third kappa shape index (κ3) is 2.15. The Balaban J connectivity index is 3.44. The van der Waals surface area contributed by atoms with Crippen molar-refractivity contribution >= 4 is 27.7 Å². The summed E-state index contributed by atoms with van der Waals surface area (Å²) >= 11 is 3.02. The predicted molar refractivity (Wildman–Crippen MR) is 52.6 cm³/mol. The van der Waals surface area contributed by atoms with Crippen LogP contribution in [0.4, 0.5) is 4.39 Å². The van der Waals surface area contributed by atoms with Gasteiger partial charge in [0, 0.05) is 0 Å². The van der Waals surface area contributed by atoms with E-state index in [0.717, 1.165) is 6.07 Å². The van der Waals surface area contributed by atoms with E-state index >= 15 is 0 Å². The van der Waals surface area contributed by atoms with Crippen LogP contribution in [-0.4, -0.2) is 24.0 Å². The molecule has 0 saturated carbocycles. The van der Waals surface area contributed by atoms with Crippen LogP contribution in [-0.2, 0) is 4.79 Å². The second-order valence-electron chi connectivity index (χ2n) is 2.57. The number of methoxy groups -OCH3 is 1. The normalized spacial score (nSPS) is 9.80. The van der Waals surface area contributed by atoms with Crippen LogP contribution in [0.2, 0.25) is 0 Å². The van der Waals surface area contributed by atoms with E-state index in [-0.39, 0.29) is 5.75 Å². The summed E-state index contributed by atoms with van der Waals surface area (Å²) in [5, 5.41) is 8.48. The topological polar surface area (TPSA) is 63.6 Å². The van der Waals surface area contributed by atoms with Gasteiger partial charge >= 0.3 is 5.97 Å². The number of halogens is 2. The number of ketones is 1. The van der Waals surface area contributed by atoms with Crippen molar-refractivity contribution in [1.82, 2.24) is 0 Å². The summed E-state index contributed by atoms with van der Waals surface area (Å²) in [6.07, 6.45) is 0. The number of Topliss-reactive ketones (excluding diaryl/α,β-unsaturated/α-hetero) is 1. The first-order valence-electron chi connectivity index (χ1n) is 3.78. The SMILES string of the molecule is COc1c(Br)ccc(F)c1C(=O)C(=O)O. The second kappa shape index (κ2) is 4.39. The fourth-order valence-corrected chi connectivity index (χ4v) is 1.54. The first-order chi connectivity index (χ1) is 6.99. The maximum atomic E-state index is 13.2. The molecule has 0 atom stereocenters. The van der Waals surface area contributed by atoms with Crippen molar-refractivity contribution in [1.29, 1.82) is 0 Å². The monoisotopic (exact) mass is 276 g/mol. The number of ether oxygens (including phenoxy) is 1. The van der Waals surface area contributed by atoms with Crippen LogP contribution in [0.25, 0.3) is 0 Å². The summed E-state index contributed by atoms with van der Waals surface area (Å²) in [5.41, 5.74) is -0.584. The van der Waals surface area contributed by atoms with E-state index in [0.29, 0.717) is 4.47 Å². The third-order valence-corrected chi connectivity index (χ3v) is 2.31. The summed E-state index contributed by atoms with van der Waals surface area (Å²) in [5.74, 6) is -4.12. The van der Waals surface area contributed by atoms with Crippen LogP contribution in [0.15, 0.2) is 16.6 Å². The Morgan fingerprint density at radius 3 is 2.53 bits per heavy atom. The zero-order valence-electron chi connectivity index (χ0n) is 7.58. The summed E-state index contributed by atoms with van der Waals surface area (Å²) < 4.78 is 18.3. The smallest absolute Gasteiger partial charge is 0.377 e. The molecule has 0 saturated heterocycles. The van der Waals surface area contributed by atoms with Crippen molar-refractivity contribution in [3.8, 4) is 5.75 Å². The molecule has 0 heterocycles. The molecule has 0 aliphatic carbocycles. The van der Waals surface area contributed by atoms with E-state index in [1.807, 2.05) is 0 Å². The van der Waals surface area contributed by atoms with Crippen LogP contribution in [0, 0.1) is 5.82 Å². The maximum absolute atomic E-state index is 13.2. The molecule has 0 radical (unpaired) electrons. The quantitative estimate of drug-likeness (QED) is 0.676. The molecular weight excluding hydrogens is 271 g/mol. The minimum absolute atomic E-state index is 0.123. The van der Waals surface area contributed by atoms with Crippen molar-refractivity contribution in [2.45, 2.75) is 0 Å². The van der Waals surface area contributed by atoms with E-state index in [4.69, 9.17) is 9.84 Å². The van der Waals surface area contributed by atoms with Gasteiger partial charge in [-0.25, -0.2) is 9.18 Å². The minimum Gasteiger partial charge on any atom is -0.495 e. The van der Waals surface area contributed by atoms with Crippen LogP contribution in [0.1, 0.15) is 10.4 Å². The lowest BCUT2D eigenvalue weighted by molar-refractivity contribution is -0.131. The summed E-state index contributed by atoms with van der Waals surface area (Å²) in [6, 6.07) is 2.32. The van der Waals surface area contributed by atoms with Crippen molar-refractivity contribution < 1.29 is 23.8 Å². The van der Waals surface area contributed by atoms with Gasteiger partial charge in [-0.1, -0.05) is 0 Å². The number of rotatable bonds is 3. The molecule has 15 heavy (non-hydrogen) atoms.